The maximum atomic E-state index is 4.41. The second-order valence-corrected chi connectivity index (χ2v) is 5.57. The maximum absolute atomic E-state index is 4.41. The standard InChI is InChI=1S/C13H21N3/c1-11-9-14-12(15-10-11)16-7-4-5-13(2,3)6-8-16/h9-10H,4-8H2,1-3H3. The molecule has 1 fully saturated rings. The van der Waals surface area contributed by atoms with E-state index in [0.717, 1.165) is 24.6 Å². The molecule has 88 valence electrons. The molecule has 1 aliphatic rings. The van der Waals surface area contributed by atoms with Crippen LogP contribution in [0, 0.1) is 12.3 Å². The molecule has 0 N–H and O–H groups in total. The smallest absolute Gasteiger partial charge is 0.225 e. The fourth-order valence-corrected chi connectivity index (χ4v) is 2.17. The number of hydrogen-bond donors (Lipinski definition) is 0. The molecule has 0 bridgehead atoms. The molecule has 1 aliphatic heterocycles. The Kier molecular flexibility index (Phi) is 3.13. The number of hydrogen-bond acceptors (Lipinski definition) is 3. The van der Waals surface area contributed by atoms with Crippen LogP contribution in [-0.4, -0.2) is 23.1 Å². The molecule has 0 amide bonds. The summed E-state index contributed by atoms with van der Waals surface area (Å²) in [6.07, 6.45) is 7.57. The number of aryl methyl sites for hydroxylation is 1. The average molecular weight is 219 g/mol. The number of aromatic nitrogens is 2. The van der Waals surface area contributed by atoms with E-state index in [9.17, 15) is 0 Å². The number of rotatable bonds is 1. The molecule has 1 aromatic rings. The van der Waals surface area contributed by atoms with Gasteiger partial charge in [0.1, 0.15) is 0 Å². The van der Waals surface area contributed by atoms with Crippen molar-refractivity contribution in [2.45, 2.75) is 40.0 Å². The van der Waals surface area contributed by atoms with E-state index in [2.05, 4.69) is 28.7 Å². The van der Waals surface area contributed by atoms with Crippen LogP contribution in [0.15, 0.2) is 12.4 Å². The molecule has 2 rings (SSSR count). The van der Waals surface area contributed by atoms with Crippen LogP contribution in [0.2, 0.25) is 0 Å². The quantitative estimate of drug-likeness (QED) is 0.727. The molecule has 0 unspecified atom stereocenters. The second kappa shape index (κ2) is 4.40. The Morgan fingerprint density at radius 2 is 1.81 bits per heavy atom. The van der Waals surface area contributed by atoms with Gasteiger partial charge in [0.25, 0.3) is 0 Å². The first-order chi connectivity index (χ1) is 7.57. The third kappa shape index (κ3) is 2.71. The lowest BCUT2D eigenvalue weighted by molar-refractivity contribution is 0.325. The minimum Gasteiger partial charge on any atom is -0.341 e. The first-order valence-electron chi connectivity index (χ1n) is 6.10. The highest BCUT2D eigenvalue weighted by Crippen LogP contribution is 2.30. The van der Waals surface area contributed by atoms with Gasteiger partial charge >= 0.3 is 0 Å². The molecule has 3 heteroatoms. The molecular weight excluding hydrogens is 198 g/mol. The van der Waals surface area contributed by atoms with E-state index < -0.39 is 0 Å². The first kappa shape index (κ1) is 11.4. The molecule has 0 spiro atoms. The monoisotopic (exact) mass is 219 g/mol. The summed E-state index contributed by atoms with van der Waals surface area (Å²) in [6.45, 7) is 8.90. The molecule has 16 heavy (non-hydrogen) atoms. The predicted octanol–water partition coefficient (Wildman–Crippen LogP) is 2.80. The summed E-state index contributed by atoms with van der Waals surface area (Å²) < 4.78 is 0. The third-order valence-corrected chi connectivity index (χ3v) is 3.39. The van der Waals surface area contributed by atoms with Gasteiger partial charge in [0.15, 0.2) is 0 Å². The molecule has 0 aromatic carbocycles. The van der Waals surface area contributed by atoms with E-state index >= 15 is 0 Å². The Balaban J connectivity index is 2.08. The Bertz CT molecular complexity index is 343. The average Bonchev–Trinajstić information content (AvgIpc) is 2.41. The van der Waals surface area contributed by atoms with Gasteiger partial charge < -0.3 is 4.90 Å². The van der Waals surface area contributed by atoms with Crippen molar-refractivity contribution in [3.63, 3.8) is 0 Å². The van der Waals surface area contributed by atoms with E-state index in [-0.39, 0.29) is 0 Å². The Hall–Kier alpha value is -1.12. The van der Waals surface area contributed by atoms with Gasteiger partial charge in [-0.05, 0) is 37.2 Å². The van der Waals surface area contributed by atoms with Gasteiger partial charge in [0.2, 0.25) is 5.95 Å². The fraction of sp³-hybridized carbons (Fsp3) is 0.692. The van der Waals surface area contributed by atoms with Crippen LogP contribution < -0.4 is 4.90 Å². The third-order valence-electron chi connectivity index (χ3n) is 3.39. The summed E-state index contributed by atoms with van der Waals surface area (Å²) >= 11 is 0. The molecular formula is C13H21N3. The SMILES string of the molecule is Cc1cnc(N2CCCC(C)(C)CC2)nc1. The summed E-state index contributed by atoms with van der Waals surface area (Å²) in [4.78, 5) is 11.1. The van der Waals surface area contributed by atoms with Crippen LogP contribution in [0.25, 0.3) is 0 Å². The fourth-order valence-electron chi connectivity index (χ4n) is 2.17. The second-order valence-electron chi connectivity index (χ2n) is 5.57. The Morgan fingerprint density at radius 3 is 2.50 bits per heavy atom. The highest BCUT2D eigenvalue weighted by atomic mass is 15.2. The van der Waals surface area contributed by atoms with Crippen molar-refractivity contribution in [3.05, 3.63) is 18.0 Å². The summed E-state index contributed by atoms with van der Waals surface area (Å²) in [6, 6.07) is 0. The molecule has 2 heterocycles. The number of nitrogens with zero attached hydrogens (tertiary/aromatic N) is 3. The van der Waals surface area contributed by atoms with Crippen LogP contribution in [-0.2, 0) is 0 Å². The first-order valence-corrected chi connectivity index (χ1v) is 6.10. The van der Waals surface area contributed by atoms with Gasteiger partial charge in [-0.3, -0.25) is 0 Å². The largest absolute Gasteiger partial charge is 0.341 e. The van der Waals surface area contributed by atoms with Crippen molar-refractivity contribution in [2.24, 2.45) is 5.41 Å². The van der Waals surface area contributed by atoms with Crippen LogP contribution >= 0.6 is 0 Å². The highest BCUT2D eigenvalue weighted by Gasteiger charge is 2.23. The zero-order valence-electron chi connectivity index (χ0n) is 10.5. The Labute approximate surface area is 97.9 Å². The zero-order valence-corrected chi connectivity index (χ0v) is 10.5. The summed E-state index contributed by atoms with van der Waals surface area (Å²) in [5, 5.41) is 0. The van der Waals surface area contributed by atoms with E-state index in [1.165, 1.54) is 19.3 Å². The van der Waals surface area contributed by atoms with Gasteiger partial charge in [0.05, 0.1) is 0 Å². The lowest BCUT2D eigenvalue weighted by Gasteiger charge is -2.23. The van der Waals surface area contributed by atoms with Gasteiger partial charge in [-0.25, -0.2) is 9.97 Å². The topological polar surface area (TPSA) is 29.0 Å². The summed E-state index contributed by atoms with van der Waals surface area (Å²) in [5.41, 5.74) is 1.60. The normalized spacial score (nSPS) is 20.6. The van der Waals surface area contributed by atoms with Gasteiger partial charge in [-0.2, -0.15) is 0 Å². The minimum absolute atomic E-state index is 0.472. The molecule has 1 aromatic heterocycles. The van der Waals surface area contributed by atoms with Crippen LogP contribution in [0.1, 0.15) is 38.7 Å². The molecule has 0 aliphatic carbocycles. The lowest BCUT2D eigenvalue weighted by Crippen LogP contribution is -2.26. The van der Waals surface area contributed by atoms with Crippen molar-refractivity contribution < 1.29 is 0 Å². The highest BCUT2D eigenvalue weighted by molar-refractivity contribution is 5.29. The van der Waals surface area contributed by atoms with Crippen LogP contribution in [0.4, 0.5) is 5.95 Å². The van der Waals surface area contributed by atoms with Gasteiger partial charge in [0, 0.05) is 25.5 Å². The van der Waals surface area contributed by atoms with E-state index in [1.54, 1.807) is 0 Å². The van der Waals surface area contributed by atoms with Crippen LogP contribution in [0.5, 0.6) is 0 Å². The molecule has 0 atom stereocenters. The molecule has 3 nitrogen and oxygen atoms in total. The van der Waals surface area contributed by atoms with Crippen molar-refractivity contribution >= 4 is 5.95 Å². The lowest BCUT2D eigenvalue weighted by atomic mass is 9.85. The van der Waals surface area contributed by atoms with Crippen molar-refractivity contribution in [1.29, 1.82) is 0 Å². The molecule has 0 radical (unpaired) electrons. The maximum Gasteiger partial charge on any atom is 0.225 e. The van der Waals surface area contributed by atoms with E-state index in [0.29, 0.717) is 5.41 Å². The van der Waals surface area contributed by atoms with Crippen molar-refractivity contribution in [2.75, 3.05) is 18.0 Å². The van der Waals surface area contributed by atoms with Crippen LogP contribution in [0.3, 0.4) is 0 Å². The van der Waals surface area contributed by atoms with Crippen molar-refractivity contribution in [3.8, 4) is 0 Å². The minimum atomic E-state index is 0.472. The van der Waals surface area contributed by atoms with Crippen molar-refractivity contribution in [1.82, 2.24) is 9.97 Å². The van der Waals surface area contributed by atoms with Gasteiger partial charge in [-0.15, -0.1) is 0 Å². The number of anilines is 1. The Morgan fingerprint density at radius 1 is 1.12 bits per heavy atom. The van der Waals surface area contributed by atoms with Gasteiger partial charge in [-0.1, -0.05) is 13.8 Å². The van der Waals surface area contributed by atoms with E-state index in [1.807, 2.05) is 19.3 Å². The molecule has 0 saturated carbocycles. The van der Waals surface area contributed by atoms with E-state index in [4.69, 9.17) is 0 Å². The summed E-state index contributed by atoms with van der Waals surface area (Å²) in [5.74, 6) is 0.892. The zero-order chi connectivity index (χ0) is 11.6. The summed E-state index contributed by atoms with van der Waals surface area (Å²) in [7, 11) is 0. The molecule has 1 saturated heterocycles. The predicted molar refractivity (Wildman–Crippen MR) is 66.6 cm³/mol.